The van der Waals surface area contributed by atoms with E-state index < -0.39 is 11.7 Å². The number of fused-ring (bicyclic) bond motifs is 1. The normalized spacial score (nSPS) is 11.1. The molecular formula is C22H23N3O3. The molecule has 6 heteroatoms. The van der Waals surface area contributed by atoms with Gasteiger partial charge in [0.15, 0.2) is 0 Å². The summed E-state index contributed by atoms with van der Waals surface area (Å²) in [7, 11) is 0. The minimum absolute atomic E-state index is 0.238. The number of aryl methyl sites for hydroxylation is 1. The van der Waals surface area contributed by atoms with Gasteiger partial charge in [0.2, 0.25) is 0 Å². The molecule has 0 saturated heterocycles. The van der Waals surface area contributed by atoms with E-state index in [9.17, 15) is 9.59 Å². The Balaban J connectivity index is 1.72. The highest BCUT2D eigenvalue weighted by atomic mass is 16.6. The van der Waals surface area contributed by atoms with Gasteiger partial charge in [-0.05, 0) is 75.7 Å². The molecule has 28 heavy (non-hydrogen) atoms. The van der Waals surface area contributed by atoms with Gasteiger partial charge in [0.1, 0.15) is 5.60 Å². The second kappa shape index (κ2) is 7.68. The maximum atomic E-state index is 12.6. The molecule has 0 aliphatic carbocycles. The lowest BCUT2D eigenvalue weighted by Gasteiger charge is -2.19. The highest BCUT2D eigenvalue weighted by Crippen LogP contribution is 2.25. The largest absolute Gasteiger partial charge is 0.444 e. The van der Waals surface area contributed by atoms with Gasteiger partial charge >= 0.3 is 6.09 Å². The van der Waals surface area contributed by atoms with Gasteiger partial charge in [-0.2, -0.15) is 0 Å². The molecule has 2 N–H and O–H groups in total. The average molecular weight is 377 g/mol. The number of benzene rings is 2. The van der Waals surface area contributed by atoms with Crippen LogP contribution in [0.2, 0.25) is 0 Å². The van der Waals surface area contributed by atoms with Crippen LogP contribution in [0, 0.1) is 6.92 Å². The van der Waals surface area contributed by atoms with Gasteiger partial charge in [-0.3, -0.25) is 15.1 Å². The van der Waals surface area contributed by atoms with Crippen LogP contribution in [0.25, 0.3) is 10.9 Å². The fourth-order valence-corrected chi connectivity index (χ4v) is 2.74. The van der Waals surface area contributed by atoms with E-state index in [2.05, 4.69) is 15.6 Å². The molecule has 0 aliphatic heterocycles. The number of hydrogen-bond acceptors (Lipinski definition) is 4. The highest BCUT2D eigenvalue weighted by molar-refractivity contribution is 6.09. The summed E-state index contributed by atoms with van der Waals surface area (Å²) >= 11 is 0. The Hall–Kier alpha value is -3.41. The Kier molecular flexibility index (Phi) is 5.31. The molecule has 0 atom stereocenters. The minimum atomic E-state index is -0.574. The first-order chi connectivity index (χ1) is 13.2. The van der Waals surface area contributed by atoms with Gasteiger partial charge in [0.25, 0.3) is 5.91 Å². The summed E-state index contributed by atoms with van der Waals surface area (Å²) in [5.41, 5.74) is 3.07. The predicted molar refractivity (Wildman–Crippen MR) is 111 cm³/mol. The molecule has 0 bridgehead atoms. The lowest BCUT2D eigenvalue weighted by atomic mass is 10.1. The van der Waals surface area contributed by atoms with Crippen molar-refractivity contribution in [1.82, 2.24) is 4.98 Å². The van der Waals surface area contributed by atoms with E-state index >= 15 is 0 Å². The van der Waals surface area contributed by atoms with E-state index in [4.69, 9.17) is 4.74 Å². The average Bonchev–Trinajstić information content (AvgIpc) is 2.63. The summed E-state index contributed by atoms with van der Waals surface area (Å²) in [6.07, 6.45) is 1.19. The first-order valence-electron chi connectivity index (χ1n) is 8.99. The fourth-order valence-electron chi connectivity index (χ4n) is 2.74. The number of carbonyl (C=O) groups excluding carboxylic acids is 2. The number of nitrogens with zero attached hydrogens (tertiary/aromatic N) is 1. The molecule has 3 aromatic rings. The Labute approximate surface area is 163 Å². The fraction of sp³-hybridized carbons (Fsp3) is 0.227. The molecule has 0 unspecified atom stereocenters. The zero-order valence-electron chi connectivity index (χ0n) is 16.4. The maximum Gasteiger partial charge on any atom is 0.412 e. The topological polar surface area (TPSA) is 80.3 Å². The smallest absolute Gasteiger partial charge is 0.412 e. The van der Waals surface area contributed by atoms with Crippen LogP contribution in [0.3, 0.4) is 0 Å². The SMILES string of the molecule is Cc1ccc(NC(=O)c2ccc(NC(=O)OC(C)(C)C)cc2)c2cccnc12. The number of rotatable bonds is 3. The van der Waals surface area contributed by atoms with E-state index in [-0.39, 0.29) is 5.91 Å². The van der Waals surface area contributed by atoms with Crippen molar-refractivity contribution in [2.45, 2.75) is 33.3 Å². The zero-order valence-corrected chi connectivity index (χ0v) is 16.4. The zero-order chi connectivity index (χ0) is 20.3. The van der Waals surface area contributed by atoms with Crippen molar-refractivity contribution in [3.05, 3.63) is 65.9 Å². The molecule has 1 heterocycles. The minimum Gasteiger partial charge on any atom is -0.444 e. The van der Waals surface area contributed by atoms with Gasteiger partial charge in [0, 0.05) is 22.8 Å². The van der Waals surface area contributed by atoms with Crippen LogP contribution >= 0.6 is 0 Å². The van der Waals surface area contributed by atoms with Crippen molar-refractivity contribution < 1.29 is 14.3 Å². The second-order valence-electron chi connectivity index (χ2n) is 7.49. The first-order valence-corrected chi connectivity index (χ1v) is 8.99. The van der Waals surface area contributed by atoms with Crippen molar-refractivity contribution in [2.24, 2.45) is 0 Å². The van der Waals surface area contributed by atoms with Gasteiger partial charge in [-0.1, -0.05) is 6.07 Å². The molecule has 0 saturated carbocycles. The van der Waals surface area contributed by atoms with Crippen LogP contribution in [-0.2, 0) is 4.74 Å². The van der Waals surface area contributed by atoms with Crippen LogP contribution in [0.15, 0.2) is 54.7 Å². The van der Waals surface area contributed by atoms with Gasteiger partial charge < -0.3 is 10.1 Å². The van der Waals surface area contributed by atoms with Crippen LogP contribution < -0.4 is 10.6 Å². The van der Waals surface area contributed by atoms with Gasteiger partial charge in [0.05, 0.1) is 11.2 Å². The summed E-state index contributed by atoms with van der Waals surface area (Å²) < 4.78 is 5.21. The molecule has 6 nitrogen and oxygen atoms in total. The Bertz CT molecular complexity index is 1020. The Morgan fingerprint density at radius 3 is 2.36 bits per heavy atom. The van der Waals surface area contributed by atoms with E-state index in [1.54, 1.807) is 51.2 Å². The molecule has 0 aliphatic rings. The number of ether oxygens (including phenoxy) is 1. The molecule has 0 fully saturated rings. The van der Waals surface area contributed by atoms with E-state index in [1.807, 2.05) is 31.2 Å². The van der Waals surface area contributed by atoms with Crippen molar-refractivity contribution in [2.75, 3.05) is 10.6 Å². The monoisotopic (exact) mass is 377 g/mol. The summed E-state index contributed by atoms with van der Waals surface area (Å²) in [6.45, 7) is 7.37. The number of hydrogen-bond donors (Lipinski definition) is 2. The summed E-state index contributed by atoms with van der Waals surface area (Å²) in [6, 6.07) is 14.2. The molecule has 0 radical (unpaired) electrons. The van der Waals surface area contributed by atoms with Crippen LogP contribution in [0.4, 0.5) is 16.2 Å². The van der Waals surface area contributed by atoms with E-state index in [0.717, 1.165) is 16.5 Å². The molecule has 2 aromatic carbocycles. The van der Waals surface area contributed by atoms with Crippen molar-refractivity contribution >= 4 is 34.3 Å². The highest BCUT2D eigenvalue weighted by Gasteiger charge is 2.16. The molecule has 2 amide bonds. The van der Waals surface area contributed by atoms with Crippen LogP contribution in [0.1, 0.15) is 36.7 Å². The molecule has 1 aromatic heterocycles. The molecular weight excluding hydrogens is 354 g/mol. The molecule has 144 valence electrons. The maximum absolute atomic E-state index is 12.6. The standard InChI is InChI=1S/C22H23N3O3/c1-14-7-12-18(17-6-5-13-23-19(14)17)25-20(26)15-8-10-16(11-9-15)24-21(27)28-22(2,3)4/h5-13H,1-4H3,(H,24,27)(H,25,26). The van der Waals surface area contributed by atoms with Crippen molar-refractivity contribution in [3.8, 4) is 0 Å². The Morgan fingerprint density at radius 2 is 1.68 bits per heavy atom. The number of carbonyl (C=O) groups is 2. The third-order valence-corrected chi connectivity index (χ3v) is 4.01. The number of aromatic nitrogens is 1. The third-order valence-electron chi connectivity index (χ3n) is 4.01. The summed E-state index contributed by atoms with van der Waals surface area (Å²) in [4.78, 5) is 28.8. The predicted octanol–water partition coefficient (Wildman–Crippen LogP) is 5.14. The number of pyridine rings is 1. The number of amides is 2. The molecule has 3 rings (SSSR count). The van der Waals surface area contributed by atoms with Gasteiger partial charge in [-0.25, -0.2) is 4.79 Å². The Morgan fingerprint density at radius 1 is 0.964 bits per heavy atom. The van der Waals surface area contributed by atoms with Crippen LogP contribution in [0.5, 0.6) is 0 Å². The summed E-state index contributed by atoms with van der Waals surface area (Å²) in [5, 5.41) is 6.46. The number of anilines is 2. The van der Waals surface area contributed by atoms with Gasteiger partial charge in [-0.15, -0.1) is 0 Å². The summed E-state index contributed by atoms with van der Waals surface area (Å²) in [5.74, 6) is -0.238. The van der Waals surface area contributed by atoms with Crippen molar-refractivity contribution in [1.29, 1.82) is 0 Å². The van der Waals surface area contributed by atoms with E-state index in [1.165, 1.54) is 0 Å². The van der Waals surface area contributed by atoms with Crippen LogP contribution in [-0.4, -0.2) is 22.6 Å². The first kappa shape index (κ1) is 19.4. The number of nitrogens with one attached hydrogen (secondary N) is 2. The lowest BCUT2D eigenvalue weighted by molar-refractivity contribution is 0.0636. The lowest BCUT2D eigenvalue weighted by Crippen LogP contribution is -2.27. The quantitative estimate of drug-likeness (QED) is 0.662. The van der Waals surface area contributed by atoms with E-state index in [0.29, 0.717) is 16.9 Å². The molecule has 0 spiro atoms. The third kappa shape index (κ3) is 4.65. The van der Waals surface area contributed by atoms with Crippen molar-refractivity contribution in [3.63, 3.8) is 0 Å². The second-order valence-corrected chi connectivity index (χ2v) is 7.49.